The van der Waals surface area contributed by atoms with E-state index in [9.17, 15) is 4.21 Å². The molecule has 0 bridgehead atoms. The van der Waals surface area contributed by atoms with Gasteiger partial charge in [-0.3, -0.25) is 0 Å². The van der Waals surface area contributed by atoms with Crippen LogP contribution in [0.25, 0.3) is 0 Å². The standard InChI is InChI=1S/C10H15O3SSi/c1-13-10(14(11)12)15(2,3)9-7-5-4-6-8-9/h4-8H,1-3H3,(H,11,12). The number of rotatable bonds is 4. The Morgan fingerprint density at radius 3 is 2.27 bits per heavy atom. The Balaban J connectivity index is 3.05. The quantitative estimate of drug-likeness (QED) is 0.644. The van der Waals surface area contributed by atoms with E-state index in [2.05, 4.69) is 0 Å². The summed E-state index contributed by atoms with van der Waals surface area (Å²) in [7, 11) is -0.682. The van der Waals surface area contributed by atoms with Gasteiger partial charge >= 0.3 is 0 Å². The third kappa shape index (κ3) is 2.75. The molecule has 1 aromatic carbocycles. The molecule has 0 fully saturated rings. The van der Waals surface area contributed by atoms with Crippen LogP contribution in [-0.4, -0.2) is 23.9 Å². The zero-order chi connectivity index (χ0) is 11.5. The number of ether oxygens (including phenoxy) is 1. The summed E-state index contributed by atoms with van der Waals surface area (Å²) in [5.74, 6) is 0. The summed E-state index contributed by atoms with van der Waals surface area (Å²) in [5, 5.41) is 1.39. The van der Waals surface area contributed by atoms with Gasteiger partial charge < -0.3 is 9.29 Å². The Bertz CT molecular complexity index is 340. The topological polar surface area (TPSA) is 46.5 Å². The van der Waals surface area contributed by atoms with Crippen LogP contribution in [0.15, 0.2) is 30.3 Å². The van der Waals surface area contributed by atoms with E-state index in [0.717, 1.165) is 5.19 Å². The Hall–Kier alpha value is -0.493. The van der Waals surface area contributed by atoms with E-state index in [1.54, 1.807) is 0 Å². The SMILES string of the molecule is CO[C](S(=O)O)[Si](C)(C)c1ccccc1. The van der Waals surface area contributed by atoms with E-state index in [1.807, 2.05) is 43.4 Å². The fourth-order valence-corrected chi connectivity index (χ4v) is 5.53. The molecule has 0 saturated carbocycles. The maximum absolute atomic E-state index is 11.1. The molecule has 83 valence electrons. The number of methoxy groups -OCH3 is 1. The van der Waals surface area contributed by atoms with Gasteiger partial charge in [0.15, 0.2) is 16.1 Å². The third-order valence-electron chi connectivity index (χ3n) is 2.35. The van der Waals surface area contributed by atoms with Crippen LogP contribution in [0, 0.1) is 5.06 Å². The maximum Gasteiger partial charge on any atom is 0.197 e. The minimum absolute atomic E-state index is 0.300. The first kappa shape index (κ1) is 12.6. The van der Waals surface area contributed by atoms with E-state index in [4.69, 9.17) is 9.29 Å². The van der Waals surface area contributed by atoms with Crippen molar-refractivity contribution in [3.05, 3.63) is 35.4 Å². The highest BCUT2D eigenvalue weighted by Gasteiger charge is 2.39. The predicted octanol–water partition coefficient (Wildman–Crippen LogP) is 1.50. The van der Waals surface area contributed by atoms with E-state index >= 15 is 0 Å². The minimum atomic E-state index is -2.13. The summed E-state index contributed by atoms with van der Waals surface area (Å²) >= 11 is -2.02. The number of hydrogen-bond acceptors (Lipinski definition) is 2. The van der Waals surface area contributed by atoms with E-state index in [0.29, 0.717) is 5.06 Å². The molecule has 0 heterocycles. The highest BCUT2D eigenvalue weighted by Crippen LogP contribution is 2.21. The summed E-state index contributed by atoms with van der Waals surface area (Å²) in [6.45, 7) is 3.99. The lowest BCUT2D eigenvalue weighted by molar-refractivity contribution is 0.280. The molecule has 0 aliphatic carbocycles. The van der Waals surface area contributed by atoms with Crippen LogP contribution in [-0.2, 0) is 15.8 Å². The van der Waals surface area contributed by atoms with Crippen molar-refractivity contribution in [1.29, 1.82) is 0 Å². The Morgan fingerprint density at radius 1 is 1.33 bits per heavy atom. The molecule has 0 aliphatic heterocycles. The molecular weight excluding hydrogens is 228 g/mol. The molecule has 0 aromatic heterocycles. The maximum atomic E-state index is 11.1. The molecule has 1 radical (unpaired) electrons. The van der Waals surface area contributed by atoms with Gasteiger partial charge in [-0.2, -0.15) is 0 Å². The van der Waals surface area contributed by atoms with Crippen LogP contribution in [0.4, 0.5) is 0 Å². The van der Waals surface area contributed by atoms with Gasteiger partial charge in [0, 0.05) is 7.11 Å². The lowest BCUT2D eigenvalue weighted by atomic mass is 10.4. The smallest absolute Gasteiger partial charge is 0.197 e. The minimum Gasteiger partial charge on any atom is -0.362 e. The Labute approximate surface area is 93.8 Å². The highest BCUT2D eigenvalue weighted by atomic mass is 32.2. The molecule has 0 spiro atoms. The van der Waals surface area contributed by atoms with Crippen LogP contribution in [0.1, 0.15) is 0 Å². The molecule has 3 nitrogen and oxygen atoms in total. The van der Waals surface area contributed by atoms with Crippen molar-refractivity contribution in [3.63, 3.8) is 0 Å². The van der Waals surface area contributed by atoms with Crippen molar-refractivity contribution in [2.75, 3.05) is 7.11 Å². The summed E-state index contributed by atoms with van der Waals surface area (Å²) < 4.78 is 25.3. The zero-order valence-electron chi connectivity index (χ0n) is 9.06. The zero-order valence-corrected chi connectivity index (χ0v) is 10.9. The molecule has 1 rings (SSSR count). The molecule has 0 saturated heterocycles. The van der Waals surface area contributed by atoms with Crippen molar-refractivity contribution in [3.8, 4) is 0 Å². The first-order valence-electron chi connectivity index (χ1n) is 4.58. The molecule has 1 unspecified atom stereocenters. The van der Waals surface area contributed by atoms with E-state index in [-0.39, 0.29) is 0 Å². The summed E-state index contributed by atoms with van der Waals surface area (Å²) in [5.41, 5.74) is 0. The van der Waals surface area contributed by atoms with Gasteiger partial charge in [-0.25, -0.2) is 4.21 Å². The van der Waals surface area contributed by atoms with Crippen LogP contribution >= 0.6 is 0 Å². The average molecular weight is 243 g/mol. The second-order valence-corrected chi connectivity index (χ2v) is 9.24. The summed E-state index contributed by atoms with van der Waals surface area (Å²) in [6, 6.07) is 9.72. The lowest BCUT2D eigenvalue weighted by Crippen LogP contribution is -2.50. The number of hydrogen-bond donors (Lipinski definition) is 1. The molecular formula is C10H15O3SSi. The molecule has 1 atom stereocenters. The van der Waals surface area contributed by atoms with E-state index in [1.165, 1.54) is 7.11 Å². The van der Waals surface area contributed by atoms with Crippen molar-refractivity contribution in [2.24, 2.45) is 0 Å². The lowest BCUT2D eigenvalue weighted by Gasteiger charge is -2.27. The second kappa shape index (κ2) is 5.02. The molecule has 15 heavy (non-hydrogen) atoms. The predicted molar refractivity (Wildman–Crippen MR) is 64.6 cm³/mol. The van der Waals surface area contributed by atoms with Gasteiger partial charge in [0.1, 0.15) is 8.07 Å². The fraction of sp³-hybridized carbons (Fsp3) is 0.300. The normalized spacial score (nSPS) is 14.2. The summed E-state index contributed by atoms with van der Waals surface area (Å²) in [6.07, 6.45) is 0. The first-order chi connectivity index (χ1) is 7.00. The average Bonchev–Trinajstić information content (AvgIpc) is 2.19. The third-order valence-corrected chi connectivity index (χ3v) is 7.89. The highest BCUT2D eigenvalue weighted by molar-refractivity contribution is 7.85. The molecule has 0 amide bonds. The van der Waals surface area contributed by atoms with E-state index < -0.39 is 19.2 Å². The Morgan fingerprint density at radius 2 is 1.87 bits per heavy atom. The molecule has 5 heteroatoms. The molecule has 0 aliphatic rings. The fourth-order valence-electron chi connectivity index (χ4n) is 1.52. The van der Waals surface area contributed by atoms with Gasteiger partial charge in [0.25, 0.3) is 0 Å². The van der Waals surface area contributed by atoms with Crippen LogP contribution < -0.4 is 5.19 Å². The van der Waals surface area contributed by atoms with Gasteiger partial charge in [0.05, 0.1) is 0 Å². The monoisotopic (exact) mass is 243 g/mol. The van der Waals surface area contributed by atoms with Crippen molar-refractivity contribution in [1.82, 2.24) is 0 Å². The largest absolute Gasteiger partial charge is 0.362 e. The van der Waals surface area contributed by atoms with Crippen molar-refractivity contribution in [2.45, 2.75) is 13.1 Å². The second-order valence-electron chi connectivity index (χ2n) is 3.73. The van der Waals surface area contributed by atoms with Gasteiger partial charge in [-0.15, -0.1) is 0 Å². The van der Waals surface area contributed by atoms with Crippen LogP contribution in [0.2, 0.25) is 13.1 Å². The van der Waals surface area contributed by atoms with Gasteiger partial charge in [0.2, 0.25) is 0 Å². The summed E-state index contributed by atoms with van der Waals surface area (Å²) in [4.78, 5) is 0. The van der Waals surface area contributed by atoms with Gasteiger partial charge in [-0.05, 0) is 0 Å². The first-order valence-corrected chi connectivity index (χ1v) is 8.68. The van der Waals surface area contributed by atoms with Crippen LogP contribution in [0.3, 0.4) is 0 Å². The number of benzene rings is 1. The molecule has 1 aromatic rings. The van der Waals surface area contributed by atoms with Crippen molar-refractivity contribution < 1.29 is 13.5 Å². The molecule has 1 N–H and O–H groups in total. The Kier molecular flexibility index (Phi) is 4.21. The van der Waals surface area contributed by atoms with Gasteiger partial charge in [-0.1, -0.05) is 48.6 Å². The van der Waals surface area contributed by atoms with Crippen LogP contribution in [0.5, 0.6) is 0 Å². The van der Waals surface area contributed by atoms with Crippen molar-refractivity contribution >= 4 is 24.3 Å².